The summed E-state index contributed by atoms with van der Waals surface area (Å²) in [6.07, 6.45) is 2.93. The molecule has 160 valence electrons. The van der Waals surface area contributed by atoms with Crippen LogP contribution in [-0.4, -0.2) is 65.2 Å². The third-order valence-corrected chi connectivity index (χ3v) is 8.03. The van der Waals surface area contributed by atoms with E-state index in [0.29, 0.717) is 12.3 Å². The minimum absolute atomic E-state index is 0.274. The molecule has 2 aromatic rings. The van der Waals surface area contributed by atoms with Crippen LogP contribution in [0.25, 0.3) is 0 Å². The quantitative estimate of drug-likeness (QED) is 0.769. The molecule has 4 heterocycles. The summed E-state index contributed by atoms with van der Waals surface area (Å²) < 4.78 is 12.7. The van der Waals surface area contributed by atoms with Gasteiger partial charge in [-0.1, -0.05) is 11.6 Å². The first kappa shape index (κ1) is 20.0. The number of rotatable bonds is 4. The number of anilines is 3. The first-order valence-corrected chi connectivity index (χ1v) is 12.3. The number of benzene rings is 1. The molecule has 0 aliphatic carbocycles. The van der Waals surface area contributed by atoms with Gasteiger partial charge in [0, 0.05) is 68.2 Å². The average molecular weight is 447 g/mol. The standard InChI is InChI=1S/C21H27ClN6OS/c22-15-3-5-16(6-4-15)26-9-11-27(12-10-26)21-24-18-7-13-30(29)19(18)20(25-21)28-8-1-2-17(28)14-23/h3-6,17H,1-2,7-14,23H2/t17?,30-/m1/s1. The van der Waals surface area contributed by atoms with E-state index < -0.39 is 10.8 Å². The van der Waals surface area contributed by atoms with Gasteiger partial charge in [-0.05, 0) is 37.1 Å². The first-order chi connectivity index (χ1) is 14.6. The van der Waals surface area contributed by atoms with Crippen molar-refractivity contribution in [1.82, 2.24) is 9.97 Å². The lowest BCUT2D eigenvalue weighted by atomic mass is 10.2. The van der Waals surface area contributed by atoms with Gasteiger partial charge in [-0.15, -0.1) is 0 Å². The second kappa shape index (κ2) is 8.32. The Bertz CT molecular complexity index is 947. The molecular formula is C21H27ClN6OS. The van der Waals surface area contributed by atoms with Crippen molar-refractivity contribution in [1.29, 1.82) is 0 Å². The van der Waals surface area contributed by atoms with Crippen LogP contribution < -0.4 is 20.4 Å². The van der Waals surface area contributed by atoms with Gasteiger partial charge < -0.3 is 20.4 Å². The fourth-order valence-corrected chi connectivity index (χ4v) is 6.16. The van der Waals surface area contributed by atoms with Crippen molar-refractivity contribution in [3.05, 3.63) is 35.0 Å². The molecule has 2 saturated heterocycles. The van der Waals surface area contributed by atoms with Gasteiger partial charge in [0.2, 0.25) is 5.95 Å². The molecule has 3 aliphatic rings. The first-order valence-electron chi connectivity index (χ1n) is 10.7. The van der Waals surface area contributed by atoms with E-state index in [1.807, 2.05) is 12.1 Å². The van der Waals surface area contributed by atoms with E-state index in [2.05, 4.69) is 26.8 Å². The maximum atomic E-state index is 12.7. The number of aromatic nitrogens is 2. The van der Waals surface area contributed by atoms with Crippen LogP contribution in [0.4, 0.5) is 17.5 Å². The number of halogens is 1. The van der Waals surface area contributed by atoms with Crippen LogP contribution >= 0.6 is 11.6 Å². The Morgan fingerprint density at radius 1 is 1.07 bits per heavy atom. The van der Waals surface area contributed by atoms with E-state index in [1.54, 1.807) is 0 Å². The van der Waals surface area contributed by atoms with E-state index >= 15 is 0 Å². The number of fused-ring (bicyclic) bond motifs is 1. The summed E-state index contributed by atoms with van der Waals surface area (Å²) in [6.45, 7) is 5.03. The SMILES string of the molecule is NCC1CCCN1c1nc(N2CCN(c3ccc(Cl)cc3)CC2)nc2c1[S@](=O)CC2. The molecule has 0 radical (unpaired) electrons. The number of nitrogens with two attached hydrogens (primary N) is 1. The van der Waals surface area contributed by atoms with E-state index in [1.165, 1.54) is 5.69 Å². The molecule has 2 N–H and O–H groups in total. The van der Waals surface area contributed by atoms with Crippen molar-refractivity contribution < 1.29 is 4.21 Å². The van der Waals surface area contributed by atoms with Crippen LogP contribution in [-0.2, 0) is 17.2 Å². The Kier molecular flexibility index (Phi) is 5.56. The molecule has 1 aromatic carbocycles. The van der Waals surface area contributed by atoms with Crippen molar-refractivity contribution >= 4 is 39.9 Å². The van der Waals surface area contributed by atoms with Gasteiger partial charge >= 0.3 is 0 Å². The largest absolute Gasteiger partial charge is 0.368 e. The third-order valence-electron chi connectivity index (χ3n) is 6.33. The molecular weight excluding hydrogens is 420 g/mol. The fraction of sp³-hybridized carbons (Fsp3) is 0.524. The summed E-state index contributed by atoms with van der Waals surface area (Å²) in [7, 11) is -1.01. The van der Waals surface area contributed by atoms with Gasteiger partial charge in [0.15, 0.2) is 5.82 Å². The molecule has 2 atom stereocenters. The lowest BCUT2D eigenvalue weighted by Gasteiger charge is -2.36. The smallest absolute Gasteiger partial charge is 0.227 e. The third kappa shape index (κ3) is 3.65. The predicted molar refractivity (Wildman–Crippen MR) is 122 cm³/mol. The van der Waals surface area contributed by atoms with Crippen LogP contribution in [0.2, 0.25) is 5.02 Å². The topological polar surface area (TPSA) is 78.6 Å². The van der Waals surface area contributed by atoms with Crippen molar-refractivity contribution in [3.8, 4) is 0 Å². The Morgan fingerprint density at radius 3 is 2.53 bits per heavy atom. The Balaban J connectivity index is 1.40. The minimum atomic E-state index is -1.01. The molecule has 3 aliphatic heterocycles. The van der Waals surface area contributed by atoms with Crippen molar-refractivity contribution in [2.45, 2.75) is 30.2 Å². The van der Waals surface area contributed by atoms with Crippen LogP contribution in [0.15, 0.2) is 29.2 Å². The number of aryl methyl sites for hydroxylation is 1. The second-order valence-corrected chi connectivity index (χ2v) is 10.0. The summed E-state index contributed by atoms with van der Waals surface area (Å²) in [5.41, 5.74) is 8.16. The van der Waals surface area contributed by atoms with Crippen LogP contribution in [0.3, 0.4) is 0 Å². The highest BCUT2D eigenvalue weighted by atomic mass is 35.5. The molecule has 9 heteroatoms. The predicted octanol–water partition coefficient (Wildman–Crippen LogP) is 2.05. The average Bonchev–Trinajstić information content (AvgIpc) is 3.40. The molecule has 7 nitrogen and oxygen atoms in total. The molecule has 0 spiro atoms. The van der Waals surface area contributed by atoms with E-state index in [9.17, 15) is 4.21 Å². The van der Waals surface area contributed by atoms with E-state index in [0.717, 1.165) is 79.4 Å². The monoisotopic (exact) mass is 446 g/mol. The highest BCUT2D eigenvalue weighted by molar-refractivity contribution is 7.85. The summed E-state index contributed by atoms with van der Waals surface area (Å²) in [6, 6.07) is 8.28. The fourth-order valence-electron chi connectivity index (χ4n) is 4.68. The summed E-state index contributed by atoms with van der Waals surface area (Å²) in [5.74, 6) is 2.27. The highest BCUT2D eigenvalue weighted by Crippen LogP contribution is 2.35. The summed E-state index contributed by atoms with van der Waals surface area (Å²) in [5, 5.41) is 0.756. The van der Waals surface area contributed by atoms with E-state index in [-0.39, 0.29) is 6.04 Å². The summed E-state index contributed by atoms with van der Waals surface area (Å²) >= 11 is 6.02. The zero-order valence-corrected chi connectivity index (χ0v) is 18.5. The van der Waals surface area contributed by atoms with Gasteiger partial charge in [-0.2, -0.15) is 4.98 Å². The van der Waals surface area contributed by atoms with Gasteiger partial charge in [-0.3, -0.25) is 4.21 Å². The Morgan fingerprint density at radius 2 is 1.80 bits per heavy atom. The number of piperazine rings is 1. The normalized spacial score (nSPS) is 23.9. The number of nitrogens with zero attached hydrogens (tertiary/aromatic N) is 5. The molecule has 1 unspecified atom stereocenters. The van der Waals surface area contributed by atoms with Crippen molar-refractivity contribution in [2.24, 2.45) is 5.73 Å². The lowest BCUT2D eigenvalue weighted by Crippen LogP contribution is -2.47. The second-order valence-electron chi connectivity index (χ2n) is 8.10. The maximum absolute atomic E-state index is 12.7. The van der Waals surface area contributed by atoms with Gasteiger partial charge in [-0.25, -0.2) is 4.98 Å². The molecule has 1 aromatic heterocycles. The molecule has 0 bridgehead atoms. The zero-order valence-electron chi connectivity index (χ0n) is 17.0. The summed E-state index contributed by atoms with van der Waals surface area (Å²) in [4.78, 5) is 17.6. The molecule has 0 saturated carbocycles. The van der Waals surface area contributed by atoms with Gasteiger partial charge in [0.1, 0.15) is 4.90 Å². The molecule has 2 fully saturated rings. The number of hydrogen-bond donors (Lipinski definition) is 1. The zero-order chi connectivity index (χ0) is 20.7. The van der Waals surface area contributed by atoms with Crippen LogP contribution in [0.5, 0.6) is 0 Å². The molecule has 30 heavy (non-hydrogen) atoms. The van der Waals surface area contributed by atoms with Crippen LogP contribution in [0, 0.1) is 0 Å². The Labute approximate surface area is 184 Å². The lowest BCUT2D eigenvalue weighted by molar-refractivity contribution is 0.630. The Hall–Kier alpha value is -1.90. The van der Waals surface area contributed by atoms with Crippen molar-refractivity contribution in [2.75, 3.05) is 59.7 Å². The maximum Gasteiger partial charge on any atom is 0.227 e. The van der Waals surface area contributed by atoms with Crippen molar-refractivity contribution in [3.63, 3.8) is 0 Å². The van der Waals surface area contributed by atoms with Gasteiger partial charge in [0.25, 0.3) is 0 Å². The highest BCUT2D eigenvalue weighted by Gasteiger charge is 2.34. The molecule has 0 amide bonds. The number of hydrogen-bond acceptors (Lipinski definition) is 7. The molecule has 5 rings (SSSR count). The van der Waals surface area contributed by atoms with E-state index in [4.69, 9.17) is 27.3 Å². The minimum Gasteiger partial charge on any atom is -0.368 e. The van der Waals surface area contributed by atoms with Gasteiger partial charge in [0.05, 0.1) is 16.5 Å². The van der Waals surface area contributed by atoms with Crippen LogP contribution in [0.1, 0.15) is 18.5 Å².